The molecule has 1 aliphatic rings. The lowest BCUT2D eigenvalue weighted by atomic mass is 9.97. The summed E-state index contributed by atoms with van der Waals surface area (Å²) in [6, 6.07) is 18.1. The van der Waals surface area contributed by atoms with Crippen molar-refractivity contribution in [2.45, 2.75) is 25.9 Å². The molecule has 1 fully saturated rings. The first-order valence-electron chi connectivity index (χ1n) is 9.70. The zero-order chi connectivity index (χ0) is 20.6. The molecule has 29 heavy (non-hydrogen) atoms. The number of amides is 3. The minimum atomic E-state index is -0.887. The molecule has 3 amide bonds. The number of nitrogens with one attached hydrogen (secondary N) is 2. The van der Waals surface area contributed by atoms with Crippen LogP contribution in [0.25, 0.3) is 0 Å². The number of anilines is 2. The predicted octanol–water partition coefficient (Wildman–Crippen LogP) is 3.50. The summed E-state index contributed by atoms with van der Waals surface area (Å²) in [6.45, 7) is 2.48. The fourth-order valence-electron chi connectivity index (χ4n) is 3.13. The van der Waals surface area contributed by atoms with Crippen LogP contribution in [-0.4, -0.2) is 42.0 Å². The van der Waals surface area contributed by atoms with Crippen molar-refractivity contribution >= 4 is 29.3 Å². The molecule has 2 N–H and O–H groups in total. The van der Waals surface area contributed by atoms with Gasteiger partial charge in [0, 0.05) is 24.5 Å². The Morgan fingerprint density at radius 2 is 1.41 bits per heavy atom. The molecule has 7 nitrogen and oxygen atoms in total. The third kappa shape index (κ3) is 5.81. The van der Waals surface area contributed by atoms with E-state index in [-0.39, 0.29) is 17.9 Å². The maximum Gasteiger partial charge on any atom is 0.321 e. The zero-order valence-electron chi connectivity index (χ0n) is 16.3. The van der Waals surface area contributed by atoms with Crippen molar-refractivity contribution in [3.05, 3.63) is 60.7 Å². The molecule has 3 rings (SSSR count). The summed E-state index contributed by atoms with van der Waals surface area (Å²) in [5, 5.41) is 5.56. The average molecular weight is 395 g/mol. The van der Waals surface area contributed by atoms with Crippen molar-refractivity contribution in [3.8, 4) is 0 Å². The fraction of sp³-hybridized carbons (Fsp3) is 0.318. The summed E-state index contributed by atoms with van der Waals surface area (Å²) >= 11 is 0. The number of para-hydroxylation sites is 2. The van der Waals surface area contributed by atoms with E-state index in [1.807, 2.05) is 48.5 Å². The molecular formula is C22H25N3O4. The van der Waals surface area contributed by atoms with Gasteiger partial charge < -0.3 is 20.3 Å². The molecular weight excluding hydrogens is 370 g/mol. The second-order valence-corrected chi connectivity index (χ2v) is 6.99. The van der Waals surface area contributed by atoms with Gasteiger partial charge in [-0.15, -0.1) is 0 Å². The Labute approximate surface area is 170 Å². The molecule has 0 bridgehead atoms. The van der Waals surface area contributed by atoms with E-state index in [9.17, 15) is 14.4 Å². The van der Waals surface area contributed by atoms with Gasteiger partial charge >= 0.3 is 12.0 Å². The lowest BCUT2D eigenvalue weighted by Crippen LogP contribution is -2.43. The minimum Gasteiger partial charge on any atom is -0.452 e. The predicted molar refractivity (Wildman–Crippen MR) is 110 cm³/mol. The van der Waals surface area contributed by atoms with Gasteiger partial charge in [0.2, 0.25) is 0 Å². The molecule has 0 spiro atoms. The molecule has 0 unspecified atom stereocenters. The summed E-state index contributed by atoms with van der Waals surface area (Å²) in [5.41, 5.74) is 1.38. The molecule has 0 aromatic heterocycles. The number of benzene rings is 2. The van der Waals surface area contributed by atoms with Crippen LogP contribution in [0.15, 0.2) is 60.7 Å². The molecule has 2 aromatic rings. The van der Waals surface area contributed by atoms with Gasteiger partial charge in [-0.1, -0.05) is 36.4 Å². The van der Waals surface area contributed by atoms with Crippen LogP contribution in [0.2, 0.25) is 0 Å². The number of hydrogen-bond donors (Lipinski definition) is 2. The van der Waals surface area contributed by atoms with Crippen molar-refractivity contribution in [2.24, 2.45) is 5.92 Å². The summed E-state index contributed by atoms with van der Waals surface area (Å²) in [7, 11) is 0. The SMILES string of the molecule is C[C@H](OC(=O)C1CCN(C(=O)Nc2ccccc2)CC1)C(=O)Nc1ccccc1. The molecule has 0 saturated carbocycles. The van der Waals surface area contributed by atoms with Gasteiger partial charge in [0.25, 0.3) is 5.91 Å². The number of carbonyl (C=O) groups is 3. The monoisotopic (exact) mass is 395 g/mol. The molecule has 1 aliphatic heterocycles. The topological polar surface area (TPSA) is 87.7 Å². The minimum absolute atomic E-state index is 0.182. The highest BCUT2D eigenvalue weighted by atomic mass is 16.5. The van der Waals surface area contributed by atoms with Crippen molar-refractivity contribution in [3.63, 3.8) is 0 Å². The summed E-state index contributed by atoms with van der Waals surface area (Å²) in [6.07, 6.45) is 0.129. The Kier molecular flexibility index (Phi) is 6.84. The highest BCUT2D eigenvalue weighted by Gasteiger charge is 2.30. The van der Waals surface area contributed by atoms with E-state index >= 15 is 0 Å². The van der Waals surface area contributed by atoms with Crippen LogP contribution in [-0.2, 0) is 14.3 Å². The summed E-state index contributed by atoms with van der Waals surface area (Å²) in [5.74, 6) is -1.09. The normalized spacial score (nSPS) is 15.3. The second-order valence-electron chi connectivity index (χ2n) is 6.99. The third-order valence-electron chi connectivity index (χ3n) is 4.84. The Morgan fingerprint density at radius 3 is 1.97 bits per heavy atom. The van der Waals surface area contributed by atoms with Gasteiger partial charge in [-0.3, -0.25) is 9.59 Å². The Hall–Kier alpha value is -3.35. The van der Waals surface area contributed by atoms with Gasteiger partial charge in [-0.2, -0.15) is 0 Å². The highest BCUT2D eigenvalue weighted by molar-refractivity contribution is 5.95. The molecule has 0 radical (unpaired) electrons. The van der Waals surface area contributed by atoms with Crippen LogP contribution in [0.4, 0.5) is 16.2 Å². The van der Waals surface area contributed by atoms with Crippen LogP contribution in [0.3, 0.4) is 0 Å². The Balaban J connectivity index is 1.43. The van der Waals surface area contributed by atoms with Gasteiger partial charge in [-0.25, -0.2) is 4.79 Å². The number of rotatable bonds is 5. The number of carbonyl (C=O) groups excluding carboxylic acids is 3. The van der Waals surface area contributed by atoms with E-state index in [2.05, 4.69) is 10.6 Å². The maximum atomic E-state index is 12.4. The van der Waals surface area contributed by atoms with Crippen molar-refractivity contribution < 1.29 is 19.1 Å². The Bertz CT molecular complexity index is 834. The molecule has 152 valence electrons. The van der Waals surface area contributed by atoms with E-state index in [1.54, 1.807) is 24.0 Å². The van der Waals surface area contributed by atoms with Crippen LogP contribution < -0.4 is 10.6 Å². The first-order valence-corrected chi connectivity index (χ1v) is 9.70. The molecule has 1 atom stereocenters. The van der Waals surface area contributed by atoms with E-state index in [1.165, 1.54) is 0 Å². The number of esters is 1. The van der Waals surface area contributed by atoms with Gasteiger partial charge in [0.1, 0.15) is 0 Å². The number of nitrogens with zero attached hydrogens (tertiary/aromatic N) is 1. The maximum absolute atomic E-state index is 12.4. The van der Waals surface area contributed by atoms with Crippen LogP contribution in [0, 0.1) is 5.92 Å². The number of likely N-dealkylation sites (tertiary alicyclic amines) is 1. The third-order valence-corrected chi connectivity index (χ3v) is 4.84. The fourth-order valence-corrected chi connectivity index (χ4v) is 3.13. The highest BCUT2D eigenvalue weighted by Crippen LogP contribution is 2.20. The lowest BCUT2D eigenvalue weighted by molar-refractivity contribution is -0.158. The molecule has 1 saturated heterocycles. The van der Waals surface area contributed by atoms with Gasteiger partial charge in [0.05, 0.1) is 5.92 Å². The van der Waals surface area contributed by atoms with E-state index in [0.29, 0.717) is 31.6 Å². The second kappa shape index (κ2) is 9.73. The first-order chi connectivity index (χ1) is 14.0. The van der Waals surface area contributed by atoms with Crippen molar-refractivity contribution in [1.29, 1.82) is 0 Å². The molecule has 1 heterocycles. The smallest absolute Gasteiger partial charge is 0.321 e. The number of ether oxygens (including phenoxy) is 1. The first kappa shape index (κ1) is 20.4. The summed E-state index contributed by atoms with van der Waals surface area (Å²) < 4.78 is 5.35. The van der Waals surface area contributed by atoms with Crippen LogP contribution in [0.1, 0.15) is 19.8 Å². The average Bonchev–Trinajstić information content (AvgIpc) is 2.75. The van der Waals surface area contributed by atoms with Gasteiger partial charge in [-0.05, 0) is 44.0 Å². The van der Waals surface area contributed by atoms with Crippen LogP contribution in [0.5, 0.6) is 0 Å². The number of urea groups is 1. The quantitative estimate of drug-likeness (QED) is 0.759. The number of piperidine rings is 1. The molecule has 2 aromatic carbocycles. The van der Waals surface area contributed by atoms with E-state index in [0.717, 1.165) is 5.69 Å². The zero-order valence-corrected chi connectivity index (χ0v) is 16.3. The van der Waals surface area contributed by atoms with Gasteiger partial charge in [0.15, 0.2) is 6.10 Å². The van der Waals surface area contributed by atoms with Crippen LogP contribution >= 0.6 is 0 Å². The molecule has 0 aliphatic carbocycles. The van der Waals surface area contributed by atoms with E-state index < -0.39 is 12.1 Å². The van der Waals surface area contributed by atoms with Crippen molar-refractivity contribution in [2.75, 3.05) is 23.7 Å². The number of hydrogen-bond acceptors (Lipinski definition) is 4. The van der Waals surface area contributed by atoms with E-state index in [4.69, 9.17) is 4.74 Å². The molecule has 7 heteroatoms. The van der Waals surface area contributed by atoms with Crippen molar-refractivity contribution in [1.82, 2.24) is 4.90 Å². The summed E-state index contributed by atoms with van der Waals surface area (Å²) in [4.78, 5) is 38.6. The standard InChI is InChI=1S/C22H25N3O4/c1-16(20(26)23-18-8-4-2-5-9-18)29-21(27)17-12-14-25(15-13-17)22(28)24-19-10-6-3-7-11-19/h2-11,16-17H,12-15H2,1H3,(H,23,26)(H,24,28)/t16-/m0/s1. The largest absolute Gasteiger partial charge is 0.452 e. The Morgan fingerprint density at radius 1 is 0.897 bits per heavy atom. The lowest BCUT2D eigenvalue weighted by Gasteiger charge is -2.31.